The molecular weight excluding hydrogens is 472 g/mol. The van der Waals surface area contributed by atoms with Crippen LogP contribution in [0.1, 0.15) is 17.7 Å². The van der Waals surface area contributed by atoms with Gasteiger partial charge in [0.05, 0.1) is 11.0 Å². The maximum absolute atomic E-state index is 2.43. The minimum atomic E-state index is 1.09. The summed E-state index contributed by atoms with van der Waals surface area (Å²) in [5.41, 5.74) is 12.8. The largest absolute Gasteiger partial charge is 0.347 e. The van der Waals surface area contributed by atoms with Gasteiger partial charge in [-0.05, 0) is 65.4 Å². The van der Waals surface area contributed by atoms with Crippen molar-refractivity contribution in [2.75, 3.05) is 0 Å². The van der Waals surface area contributed by atoms with E-state index in [9.17, 15) is 0 Å². The standard InChI is InChI=1S/C37H28N2/c1-38-32-20-7-5-16-30(32)36-28(18-10-22-34(36)38)29-19-11-23-35-37(29)31-17-6-8-21-33(31)39(35)27-15-9-14-26(24-27)25-12-3-2-4-13-25/h2-6,8-19,21-24H,7,20H2,1H3. The monoisotopic (exact) mass is 500 g/mol. The van der Waals surface area contributed by atoms with Crippen LogP contribution in [-0.4, -0.2) is 9.13 Å². The Labute approximate surface area is 228 Å². The minimum absolute atomic E-state index is 1.09. The van der Waals surface area contributed by atoms with Crippen LogP contribution in [0.4, 0.5) is 0 Å². The highest BCUT2D eigenvalue weighted by Crippen LogP contribution is 2.43. The number of hydrogen-bond donors (Lipinski definition) is 0. The zero-order chi connectivity index (χ0) is 25.9. The molecule has 7 aromatic rings. The predicted octanol–water partition coefficient (Wildman–Crippen LogP) is 9.57. The number of aryl methyl sites for hydroxylation is 1. The Morgan fingerprint density at radius 2 is 1.28 bits per heavy atom. The summed E-state index contributed by atoms with van der Waals surface area (Å²) in [7, 11) is 2.22. The number of fused-ring (bicyclic) bond motifs is 6. The molecule has 0 radical (unpaired) electrons. The van der Waals surface area contributed by atoms with Crippen molar-refractivity contribution in [2.24, 2.45) is 7.05 Å². The Kier molecular flexibility index (Phi) is 4.90. The topological polar surface area (TPSA) is 9.86 Å². The van der Waals surface area contributed by atoms with E-state index in [0.717, 1.165) is 12.8 Å². The van der Waals surface area contributed by atoms with Gasteiger partial charge in [-0.25, -0.2) is 0 Å². The molecule has 1 aliphatic carbocycles. The third-order valence-electron chi connectivity index (χ3n) is 8.42. The van der Waals surface area contributed by atoms with Gasteiger partial charge in [0, 0.05) is 45.7 Å². The summed E-state index contributed by atoms with van der Waals surface area (Å²) >= 11 is 0. The summed E-state index contributed by atoms with van der Waals surface area (Å²) in [6.07, 6.45) is 6.86. The molecule has 2 aromatic heterocycles. The highest BCUT2D eigenvalue weighted by molar-refractivity contribution is 6.18. The summed E-state index contributed by atoms with van der Waals surface area (Å²) in [5, 5.41) is 3.95. The SMILES string of the molecule is Cn1c2c(c3c(-c4cccc5c4c4ccccc4n5-c4cccc(-c5ccccc5)c4)cccc31)C=CCC2. The van der Waals surface area contributed by atoms with E-state index in [1.165, 1.54) is 71.9 Å². The lowest BCUT2D eigenvalue weighted by molar-refractivity contribution is 0.824. The zero-order valence-corrected chi connectivity index (χ0v) is 21.9. The lowest BCUT2D eigenvalue weighted by Crippen LogP contribution is -1.99. The molecule has 0 spiro atoms. The first-order valence-corrected chi connectivity index (χ1v) is 13.7. The van der Waals surface area contributed by atoms with E-state index in [4.69, 9.17) is 0 Å². The maximum atomic E-state index is 2.43. The van der Waals surface area contributed by atoms with Crippen LogP contribution in [0.15, 0.2) is 121 Å². The van der Waals surface area contributed by atoms with Crippen LogP contribution < -0.4 is 0 Å². The molecule has 0 atom stereocenters. The van der Waals surface area contributed by atoms with Gasteiger partial charge in [-0.2, -0.15) is 0 Å². The quantitative estimate of drug-likeness (QED) is 0.229. The van der Waals surface area contributed by atoms with E-state index in [-0.39, 0.29) is 0 Å². The molecule has 0 saturated heterocycles. The molecule has 0 saturated carbocycles. The third-order valence-corrected chi connectivity index (χ3v) is 8.42. The Morgan fingerprint density at radius 1 is 0.590 bits per heavy atom. The molecule has 39 heavy (non-hydrogen) atoms. The summed E-state index contributed by atoms with van der Waals surface area (Å²) in [5.74, 6) is 0. The Hall–Kier alpha value is -4.82. The lowest BCUT2D eigenvalue weighted by Gasteiger charge is -2.12. The first-order valence-electron chi connectivity index (χ1n) is 13.7. The molecule has 0 unspecified atom stereocenters. The fraction of sp³-hybridized carbons (Fsp3) is 0.0811. The number of nitrogens with zero attached hydrogens (tertiary/aromatic N) is 2. The first kappa shape index (κ1) is 22.2. The molecular formula is C37H28N2. The lowest BCUT2D eigenvalue weighted by atomic mass is 9.93. The molecule has 0 aliphatic heterocycles. The molecule has 2 nitrogen and oxygen atoms in total. The number of hydrogen-bond acceptors (Lipinski definition) is 0. The van der Waals surface area contributed by atoms with Crippen molar-refractivity contribution < 1.29 is 0 Å². The van der Waals surface area contributed by atoms with Crippen molar-refractivity contribution in [3.63, 3.8) is 0 Å². The van der Waals surface area contributed by atoms with Gasteiger partial charge in [0.1, 0.15) is 0 Å². The van der Waals surface area contributed by atoms with Crippen molar-refractivity contribution in [2.45, 2.75) is 12.8 Å². The average Bonchev–Trinajstić information content (AvgIpc) is 3.50. The van der Waals surface area contributed by atoms with Gasteiger partial charge >= 0.3 is 0 Å². The second-order valence-electron chi connectivity index (χ2n) is 10.5. The molecule has 8 rings (SSSR count). The summed E-state index contributed by atoms with van der Waals surface area (Å²) in [6.45, 7) is 0. The number of rotatable bonds is 3. The minimum Gasteiger partial charge on any atom is -0.347 e. The van der Waals surface area contributed by atoms with Crippen molar-refractivity contribution >= 4 is 38.8 Å². The zero-order valence-electron chi connectivity index (χ0n) is 21.9. The normalized spacial score (nSPS) is 12.9. The van der Waals surface area contributed by atoms with Crippen LogP contribution in [0.2, 0.25) is 0 Å². The first-order chi connectivity index (χ1) is 19.3. The van der Waals surface area contributed by atoms with Gasteiger partial charge in [-0.1, -0.05) is 97.1 Å². The Bertz CT molecular complexity index is 2070. The molecule has 2 heteroatoms. The summed E-state index contributed by atoms with van der Waals surface area (Å²) in [6, 6.07) is 42.0. The van der Waals surface area contributed by atoms with Gasteiger partial charge in [0.15, 0.2) is 0 Å². The molecule has 1 aliphatic rings. The van der Waals surface area contributed by atoms with Gasteiger partial charge in [0.2, 0.25) is 0 Å². The smallest absolute Gasteiger partial charge is 0.0547 e. The fourth-order valence-corrected chi connectivity index (χ4v) is 6.68. The van der Waals surface area contributed by atoms with Gasteiger partial charge < -0.3 is 9.13 Å². The Balaban J connectivity index is 1.44. The highest BCUT2D eigenvalue weighted by Gasteiger charge is 2.21. The number of benzene rings is 5. The van der Waals surface area contributed by atoms with Crippen molar-refractivity contribution in [1.29, 1.82) is 0 Å². The molecule has 0 fully saturated rings. The summed E-state index contributed by atoms with van der Waals surface area (Å²) < 4.78 is 4.83. The summed E-state index contributed by atoms with van der Waals surface area (Å²) in [4.78, 5) is 0. The van der Waals surface area contributed by atoms with Gasteiger partial charge in [-0.15, -0.1) is 0 Å². The van der Waals surface area contributed by atoms with Crippen molar-refractivity contribution in [3.05, 3.63) is 133 Å². The number of aromatic nitrogens is 2. The maximum Gasteiger partial charge on any atom is 0.0547 e. The van der Waals surface area contributed by atoms with Crippen LogP contribution in [0.25, 0.3) is 66.7 Å². The van der Waals surface area contributed by atoms with Crippen LogP contribution in [0.3, 0.4) is 0 Å². The fourth-order valence-electron chi connectivity index (χ4n) is 6.68. The average molecular weight is 501 g/mol. The second kappa shape index (κ2) is 8.61. The van der Waals surface area contributed by atoms with Gasteiger partial charge in [0.25, 0.3) is 0 Å². The van der Waals surface area contributed by atoms with Crippen molar-refractivity contribution in [3.8, 4) is 27.9 Å². The molecule has 0 bridgehead atoms. The third kappa shape index (κ3) is 3.28. The van der Waals surface area contributed by atoms with E-state index in [2.05, 4.69) is 144 Å². The van der Waals surface area contributed by atoms with E-state index >= 15 is 0 Å². The highest BCUT2D eigenvalue weighted by atomic mass is 15.0. The molecule has 5 aromatic carbocycles. The molecule has 0 N–H and O–H groups in total. The van der Waals surface area contributed by atoms with Gasteiger partial charge in [-0.3, -0.25) is 0 Å². The van der Waals surface area contributed by atoms with Crippen LogP contribution in [0, 0.1) is 0 Å². The second-order valence-corrected chi connectivity index (χ2v) is 10.5. The van der Waals surface area contributed by atoms with E-state index in [1.807, 2.05) is 0 Å². The van der Waals surface area contributed by atoms with E-state index in [1.54, 1.807) is 0 Å². The Morgan fingerprint density at radius 3 is 2.15 bits per heavy atom. The van der Waals surface area contributed by atoms with Crippen molar-refractivity contribution in [1.82, 2.24) is 9.13 Å². The number of allylic oxidation sites excluding steroid dienone is 1. The van der Waals surface area contributed by atoms with E-state index < -0.39 is 0 Å². The van der Waals surface area contributed by atoms with Crippen LogP contribution >= 0.6 is 0 Å². The molecule has 0 amide bonds. The van der Waals surface area contributed by atoms with Crippen LogP contribution in [0.5, 0.6) is 0 Å². The number of para-hydroxylation sites is 1. The van der Waals surface area contributed by atoms with Crippen LogP contribution in [-0.2, 0) is 13.5 Å². The molecule has 186 valence electrons. The van der Waals surface area contributed by atoms with E-state index in [0.29, 0.717) is 0 Å². The molecule has 2 heterocycles. The predicted molar refractivity (Wildman–Crippen MR) is 165 cm³/mol.